The predicted octanol–water partition coefficient (Wildman–Crippen LogP) is 2.38. The Hall–Kier alpha value is -0.660. The molecule has 0 spiro atoms. The Labute approximate surface area is 52.9 Å². The van der Waals surface area contributed by atoms with E-state index in [1.165, 1.54) is 25.2 Å². The van der Waals surface area contributed by atoms with E-state index in [2.05, 4.69) is 0 Å². The van der Waals surface area contributed by atoms with E-state index in [-0.39, 0.29) is 5.83 Å². The molecule has 0 nitrogen and oxygen atoms in total. The molecule has 0 bridgehead atoms. The first-order valence-electron chi connectivity index (χ1n) is 2.90. The summed E-state index contributed by atoms with van der Waals surface area (Å²) in [6.45, 7) is 1.53. The van der Waals surface area contributed by atoms with Gasteiger partial charge < -0.3 is 0 Å². The van der Waals surface area contributed by atoms with E-state index in [1.807, 2.05) is 0 Å². The molecule has 1 rings (SSSR count). The molecule has 0 N–H and O–H groups in total. The fourth-order valence-electron chi connectivity index (χ4n) is 0.724. The van der Waals surface area contributed by atoms with Crippen LogP contribution in [0.15, 0.2) is 24.1 Å². The molecule has 2 atom stereocenters. The molecule has 0 saturated carbocycles. The lowest BCUT2D eigenvalue weighted by Crippen LogP contribution is -2.12. The normalized spacial score (nSPS) is 34.3. The van der Waals surface area contributed by atoms with Crippen LogP contribution < -0.4 is 0 Å². The summed E-state index contributed by atoms with van der Waals surface area (Å²) in [4.78, 5) is 0. The Bertz CT molecular complexity index is 158. The van der Waals surface area contributed by atoms with Crippen LogP contribution in [0.4, 0.5) is 8.78 Å². The molecule has 0 fully saturated rings. The van der Waals surface area contributed by atoms with Crippen LogP contribution in [0.2, 0.25) is 0 Å². The van der Waals surface area contributed by atoms with Gasteiger partial charge in [-0.2, -0.15) is 0 Å². The van der Waals surface area contributed by atoms with Gasteiger partial charge in [-0.3, -0.25) is 0 Å². The summed E-state index contributed by atoms with van der Waals surface area (Å²) in [5, 5.41) is 0. The Kier molecular flexibility index (Phi) is 1.65. The summed E-state index contributed by atoms with van der Waals surface area (Å²) < 4.78 is 24.9. The highest BCUT2D eigenvalue weighted by Gasteiger charge is 2.19. The molecular weight excluding hydrogens is 122 g/mol. The molecule has 2 heteroatoms. The first kappa shape index (κ1) is 6.46. The van der Waals surface area contributed by atoms with Gasteiger partial charge in [0, 0.05) is 5.92 Å². The van der Waals surface area contributed by atoms with Gasteiger partial charge in [0.15, 0.2) is 0 Å². The van der Waals surface area contributed by atoms with Crippen LogP contribution in [0, 0.1) is 5.92 Å². The molecule has 2 unspecified atom stereocenters. The van der Waals surface area contributed by atoms with Crippen LogP contribution in [0.5, 0.6) is 0 Å². The van der Waals surface area contributed by atoms with Crippen LogP contribution in [-0.4, -0.2) is 6.17 Å². The van der Waals surface area contributed by atoms with Crippen molar-refractivity contribution in [3.8, 4) is 0 Å². The maximum Gasteiger partial charge on any atom is 0.127 e. The van der Waals surface area contributed by atoms with Gasteiger partial charge >= 0.3 is 0 Å². The Balaban J connectivity index is 2.73. The first-order valence-corrected chi connectivity index (χ1v) is 2.90. The van der Waals surface area contributed by atoms with Crippen molar-refractivity contribution in [2.75, 3.05) is 0 Å². The summed E-state index contributed by atoms with van der Waals surface area (Å²) in [5.41, 5.74) is 0. The summed E-state index contributed by atoms with van der Waals surface area (Å²) in [7, 11) is 0. The molecule has 1 aliphatic rings. The molecular formula is C7H8F2. The zero-order valence-corrected chi connectivity index (χ0v) is 5.14. The van der Waals surface area contributed by atoms with E-state index in [0.717, 1.165) is 0 Å². The van der Waals surface area contributed by atoms with Gasteiger partial charge in [-0.05, 0) is 12.2 Å². The monoisotopic (exact) mass is 130 g/mol. The van der Waals surface area contributed by atoms with Crippen LogP contribution in [0.3, 0.4) is 0 Å². The van der Waals surface area contributed by atoms with Gasteiger partial charge in [-0.1, -0.05) is 13.0 Å². The molecule has 0 saturated heterocycles. The maximum atomic E-state index is 12.5. The van der Waals surface area contributed by atoms with Gasteiger partial charge in [0.1, 0.15) is 12.0 Å². The number of allylic oxidation sites excluding steroid dienone is 4. The van der Waals surface area contributed by atoms with E-state index in [0.29, 0.717) is 0 Å². The lowest BCUT2D eigenvalue weighted by atomic mass is 10.0. The third-order valence-corrected chi connectivity index (χ3v) is 1.46. The molecule has 0 aromatic rings. The molecule has 0 radical (unpaired) electrons. The second kappa shape index (κ2) is 2.29. The molecule has 0 aromatic carbocycles. The fraction of sp³-hybridized carbons (Fsp3) is 0.429. The zero-order chi connectivity index (χ0) is 6.85. The van der Waals surface area contributed by atoms with Crippen molar-refractivity contribution in [3.05, 3.63) is 24.1 Å². The number of rotatable bonds is 0. The fourth-order valence-corrected chi connectivity index (χ4v) is 0.724. The highest BCUT2D eigenvalue weighted by atomic mass is 19.1. The van der Waals surface area contributed by atoms with Crippen LogP contribution >= 0.6 is 0 Å². The molecule has 0 aromatic heterocycles. The van der Waals surface area contributed by atoms with Crippen LogP contribution in [0.25, 0.3) is 0 Å². The number of hydrogen-bond donors (Lipinski definition) is 0. The maximum absolute atomic E-state index is 12.5. The van der Waals surface area contributed by atoms with E-state index in [9.17, 15) is 8.78 Å². The minimum atomic E-state index is -1.14. The summed E-state index contributed by atoms with van der Waals surface area (Å²) >= 11 is 0. The Morgan fingerprint density at radius 3 is 2.67 bits per heavy atom. The van der Waals surface area contributed by atoms with E-state index in [4.69, 9.17) is 0 Å². The molecule has 1 aliphatic carbocycles. The number of hydrogen-bond acceptors (Lipinski definition) is 0. The molecule has 0 amide bonds. The Morgan fingerprint density at radius 2 is 2.22 bits per heavy atom. The van der Waals surface area contributed by atoms with Gasteiger partial charge in [-0.25, -0.2) is 8.78 Å². The molecule has 0 aliphatic heterocycles. The van der Waals surface area contributed by atoms with Crippen molar-refractivity contribution in [1.29, 1.82) is 0 Å². The van der Waals surface area contributed by atoms with Crippen molar-refractivity contribution in [2.45, 2.75) is 13.1 Å². The van der Waals surface area contributed by atoms with Gasteiger partial charge in [-0.15, -0.1) is 0 Å². The van der Waals surface area contributed by atoms with Crippen LogP contribution in [0.1, 0.15) is 6.92 Å². The number of alkyl halides is 1. The summed E-state index contributed by atoms with van der Waals surface area (Å²) in [6.07, 6.45) is 2.91. The van der Waals surface area contributed by atoms with Crippen molar-refractivity contribution in [1.82, 2.24) is 0 Å². The number of halogens is 2. The smallest absolute Gasteiger partial charge is 0.127 e. The second-order valence-electron chi connectivity index (χ2n) is 2.17. The highest BCUT2D eigenvalue weighted by molar-refractivity contribution is 5.18. The quantitative estimate of drug-likeness (QED) is 0.472. The standard InChI is InChI=1S/C7H8F2/c1-5-6(8)3-2-4-7(5)9/h2-6H,1H3. The highest BCUT2D eigenvalue weighted by Crippen LogP contribution is 2.23. The third kappa shape index (κ3) is 1.18. The van der Waals surface area contributed by atoms with Crippen molar-refractivity contribution < 1.29 is 8.78 Å². The van der Waals surface area contributed by atoms with E-state index in [1.54, 1.807) is 0 Å². The zero-order valence-electron chi connectivity index (χ0n) is 5.14. The SMILES string of the molecule is CC1C(F)=CC=CC1F. The van der Waals surface area contributed by atoms with Gasteiger partial charge in [0.05, 0.1) is 0 Å². The first-order chi connectivity index (χ1) is 4.22. The van der Waals surface area contributed by atoms with Crippen molar-refractivity contribution in [3.63, 3.8) is 0 Å². The van der Waals surface area contributed by atoms with Crippen molar-refractivity contribution in [2.24, 2.45) is 5.92 Å². The van der Waals surface area contributed by atoms with Crippen LogP contribution in [-0.2, 0) is 0 Å². The second-order valence-corrected chi connectivity index (χ2v) is 2.17. The minimum Gasteiger partial charge on any atom is -0.242 e. The average Bonchev–Trinajstić information content (AvgIpc) is 1.83. The van der Waals surface area contributed by atoms with Crippen molar-refractivity contribution >= 4 is 0 Å². The summed E-state index contributed by atoms with van der Waals surface area (Å²) in [6, 6.07) is 0. The lowest BCUT2D eigenvalue weighted by molar-refractivity contribution is 0.291. The largest absolute Gasteiger partial charge is 0.242 e. The summed E-state index contributed by atoms with van der Waals surface area (Å²) in [5.74, 6) is -0.958. The molecule has 50 valence electrons. The predicted molar refractivity (Wildman–Crippen MR) is 32.4 cm³/mol. The lowest BCUT2D eigenvalue weighted by Gasteiger charge is -2.13. The van der Waals surface area contributed by atoms with E-state index < -0.39 is 12.1 Å². The van der Waals surface area contributed by atoms with Gasteiger partial charge in [0.25, 0.3) is 0 Å². The topological polar surface area (TPSA) is 0 Å². The molecule has 9 heavy (non-hydrogen) atoms. The minimum absolute atomic E-state index is 0.370. The Morgan fingerprint density at radius 1 is 1.56 bits per heavy atom. The average molecular weight is 130 g/mol. The molecule has 0 heterocycles. The van der Waals surface area contributed by atoms with E-state index >= 15 is 0 Å². The third-order valence-electron chi connectivity index (χ3n) is 1.46. The van der Waals surface area contributed by atoms with Gasteiger partial charge in [0.2, 0.25) is 0 Å².